The number of hydrogen-bond donors (Lipinski definition) is 1. The number of nitrogens with one attached hydrogen (secondary N) is 1. The standard InChI is InChI=1S/C7H9N.C2H3N/c1-8-7-5-3-2-4-6-7;1-2-3/h2-6,8H,1H3;1H3. The molecule has 0 atom stereocenters. The van der Waals surface area contributed by atoms with Crippen molar-refractivity contribution in [1.29, 1.82) is 5.26 Å². The molecule has 0 unspecified atom stereocenters. The lowest BCUT2D eigenvalue weighted by Gasteiger charge is -1.94. The van der Waals surface area contributed by atoms with Gasteiger partial charge in [-0.15, -0.1) is 0 Å². The second-order valence-corrected chi connectivity index (χ2v) is 1.84. The van der Waals surface area contributed by atoms with Crippen LogP contribution in [0.25, 0.3) is 0 Å². The summed E-state index contributed by atoms with van der Waals surface area (Å²) in [7, 11) is 1.91. The van der Waals surface area contributed by atoms with E-state index in [0.29, 0.717) is 0 Å². The van der Waals surface area contributed by atoms with Crippen molar-refractivity contribution in [3.8, 4) is 6.07 Å². The normalized spacial score (nSPS) is 7.00. The molecule has 0 saturated carbocycles. The maximum Gasteiger partial charge on any atom is 0.0587 e. The van der Waals surface area contributed by atoms with Crippen molar-refractivity contribution >= 4 is 5.69 Å². The Balaban J connectivity index is 0.000000292. The van der Waals surface area contributed by atoms with E-state index < -0.39 is 0 Å². The summed E-state index contributed by atoms with van der Waals surface area (Å²) in [5, 5.41) is 10.3. The third kappa shape index (κ3) is 4.98. The summed E-state index contributed by atoms with van der Waals surface area (Å²) in [5.41, 5.74) is 1.16. The molecular formula is C9H12N2. The Bertz CT molecular complexity index is 211. The van der Waals surface area contributed by atoms with Crippen LogP contribution in [0.5, 0.6) is 0 Å². The van der Waals surface area contributed by atoms with Crippen LogP contribution in [0.4, 0.5) is 5.69 Å². The Kier molecular flexibility index (Phi) is 5.73. The molecule has 2 heteroatoms. The van der Waals surface area contributed by atoms with Gasteiger partial charge in [0.15, 0.2) is 0 Å². The molecule has 0 spiro atoms. The van der Waals surface area contributed by atoms with Gasteiger partial charge in [0.2, 0.25) is 0 Å². The Morgan fingerprint density at radius 3 is 2.00 bits per heavy atom. The van der Waals surface area contributed by atoms with Crippen LogP contribution in [0, 0.1) is 11.3 Å². The van der Waals surface area contributed by atoms with Gasteiger partial charge in [-0.2, -0.15) is 5.26 Å². The molecule has 0 saturated heterocycles. The van der Waals surface area contributed by atoms with Crippen molar-refractivity contribution in [2.75, 3.05) is 12.4 Å². The molecule has 0 heterocycles. The van der Waals surface area contributed by atoms with Crippen LogP contribution in [0.3, 0.4) is 0 Å². The molecule has 0 aliphatic heterocycles. The Morgan fingerprint density at radius 1 is 1.27 bits per heavy atom. The first-order chi connectivity index (χ1) is 5.35. The topological polar surface area (TPSA) is 35.8 Å². The SMILES string of the molecule is CC#N.CNc1ccccc1. The van der Waals surface area contributed by atoms with E-state index >= 15 is 0 Å². The molecule has 58 valence electrons. The number of nitriles is 1. The van der Waals surface area contributed by atoms with Crippen LogP contribution >= 0.6 is 0 Å². The summed E-state index contributed by atoms with van der Waals surface area (Å²) in [4.78, 5) is 0. The second kappa shape index (κ2) is 6.63. The highest BCUT2D eigenvalue weighted by atomic mass is 14.8. The van der Waals surface area contributed by atoms with E-state index in [-0.39, 0.29) is 0 Å². The molecule has 1 aromatic rings. The van der Waals surface area contributed by atoms with Crippen LogP contribution in [0.15, 0.2) is 30.3 Å². The molecule has 0 aliphatic carbocycles. The second-order valence-electron chi connectivity index (χ2n) is 1.84. The van der Waals surface area contributed by atoms with Crippen molar-refractivity contribution in [3.63, 3.8) is 0 Å². The van der Waals surface area contributed by atoms with Crippen LogP contribution < -0.4 is 5.32 Å². The third-order valence-electron chi connectivity index (χ3n) is 1.06. The summed E-state index contributed by atoms with van der Waals surface area (Å²) in [6.45, 7) is 1.43. The van der Waals surface area contributed by atoms with E-state index in [2.05, 4.69) is 5.32 Å². The van der Waals surface area contributed by atoms with E-state index in [1.807, 2.05) is 37.4 Å². The van der Waals surface area contributed by atoms with Gasteiger partial charge in [0.25, 0.3) is 0 Å². The number of hydrogen-bond acceptors (Lipinski definition) is 2. The first-order valence-electron chi connectivity index (χ1n) is 3.38. The minimum Gasteiger partial charge on any atom is -0.388 e. The van der Waals surface area contributed by atoms with E-state index in [0.717, 1.165) is 5.69 Å². The monoisotopic (exact) mass is 148 g/mol. The van der Waals surface area contributed by atoms with Crippen LogP contribution in [-0.4, -0.2) is 7.05 Å². The first kappa shape index (κ1) is 9.51. The highest BCUT2D eigenvalue weighted by Crippen LogP contribution is 2.01. The predicted molar refractivity (Wildman–Crippen MR) is 47.3 cm³/mol. The lowest BCUT2D eigenvalue weighted by Crippen LogP contribution is -1.84. The minimum atomic E-state index is 1.16. The average Bonchev–Trinajstić information content (AvgIpc) is 2.08. The Labute approximate surface area is 67.5 Å². The number of benzene rings is 1. The van der Waals surface area contributed by atoms with Gasteiger partial charge in [0.1, 0.15) is 0 Å². The van der Waals surface area contributed by atoms with E-state index in [1.165, 1.54) is 6.92 Å². The zero-order chi connectivity index (χ0) is 8.53. The van der Waals surface area contributed by atoms with Gasteiger partial charge in [-0.3, -0.25) is 0 Å². The fourth-order valence-corrected chi connectivity index (χ4v) is 0.605. The summed E-state index contributed by atoms with van der Waals surface area (Å²) in [5.74, 6) is 0. The molecular weight excluding hydrogens is 136 g/mol. The van der Waals surface area contributed by atoms with Gasteiger partial charge in [-0.25, -0.2) is 0 Å². The van der Waals surface area contributed by atoms with Crippen molar-refractivity contribution in [2.45, 2.75) is 6.92 Å². The number of anilines is 1. The summed E-state index contributed by atoms with van der Waals surface area (Å²) < 4.78 is 0. The summed E-state index contributed by atoms with van der Waals surface area (Å²) in [6, 6.07) is 11.8. The quantitative estimate of drug-likeness (QED) is 0.663. The van der Waals surface area contributed by atoms with Gasteiger partial charge in [0, 0.05) is 19.7 Å². The fourth-order valence-electron chi connectivity index (χ4n) is 0.605. The molecule has 1 rings (SSSR count). The first-order valence-corrected chi connectivity index (χ1v) is 3.38. The molecule has 0 radical (unpaired) electrons. The molecule has 0 aliphatic rings. The minimum absolute atomic E-state index is 1.16. The van der Waals surface area contributed by atoms with Crippen molar-refractivity contribution < 1.29 is 0 Å². The summed E-state index contributed by atoms with van der Waals surface area (Å²) in [6.07, 6.45) is 0. The van der Waals surface area contributed by atoms with Gasteiger partial charge < -0.3 is 5.32 Å². The molecule has 2 nitrogen and oxygen atoms in total. The summed E-state index contributed by atoms with van der Waals surface area (Å²) >= 11 is 0. The van der Waals surface area contributed by atoms with Gasteiger partial charge in [-0.05, 0) is 12.1 Å². The average molecular weight is 148 g/mol. The van der Waals surface area contributed by atoms with E-state index in [4.69, 9.17) is 5.26 Å². The third-order valence-corrected chi connectivity index (χ3v) is 1.06. The van der Waals surface area contributed by atoms with Gasteiger partial charge in [-0.1, -0.05) is 18.2 Å². The predicted octanol–water partition coefficient (Wildman–Crippen LogP) is 2.26. The maximum atomic E-state index is 7.32. The van der Waals surface area contributed by atoms with Crippen LogP contribution in [0.1, 0.15) is 6.92 Å². The largest absolute Gasteiger partial charge is 0.388 e. The zero-order valence-electron chi connectivity index (χ0n) is 6.83. The molecule has 0 aromatic heterocycles. The Hall–Kier alpha value is -1.49. The molecule has 0 fully saturated rings. The van der Waals surface area contributed by atoms with Crippen molar-refractivity contribution in [2.24, 2.45) is 0 Å². The van der Waals surface area contributed by atoms with Gasteiger partial charge >= 0.3 is 0 Å². The molecule has 11 heavy (non-hydrogen) atoms. The maximum absolute atomic E-state index is 7.32. The smallest absolute Gasteiger partial charge is 0.0587 e. The highest BCUT2D eigenvalue weighted by Gasteiger charge is 1.77. The number of para-hydroxylation sites is 1. The van der Waals surface area contributed by atoms with Crippen LogP contribution in [-0.2, 0) is 0 Å². The lowest BCUT2D eigenvalue weighted by molar-refractivity contribution is 1.49. The van der Waals surface area contributed by atoms with E-state index in [1.54, 1.807) is 6.07 Å². The van der Waals surface area contributed by atoms with E-state index in [9.17, 15) is 0 Å². The van der Waals surface area contributed by atoms with Crippen molar-refractivity contribution in [3.05, 3.63) is 30.3 Å². The zero-order valence-corrected chi connectivity index (χ0v) is 6.83. The molecule has 0 amide bonds. The van der Waals surface area contributed by atoms with Crippen LogP contribution in [0.2, 0.25) is 0 Å². The lowest BCUT2D eigenvalue weighted by atomic mass is 10.3. The molecule has 1 aromatic carbocycles. The number of nitrogens with zero attached hydrogens (tertiary/aromatic N) is 1. The molecule has 0 bridgehead atoms. The molecule has 1 N–H and O–H groups in total. The fraction of sp³-hybridized carbons (Fsp3) is 0.222. The Morgan fingerprint density at radius 2 is 1.73 bits per heavy atom. The highest BCUT2D eigenvalue weighted by molar-refractivity contribution is 5.41. The van der Waals surface area contributed by atoms with Gasteiger partial charge in [0.05, 0.1) is 6.07 Å². The number of rotatable bonds is 1. The van der Waals surface area contributed by atoms with Crippen molar-refractivity contribution in [1.82, 2.24) is 0 Å².